The van der Waals surface area contributed by atoms with Crippen molar-refractivity contribution >= 4 is 12.6 Å². The van der Waals surface area contributed by atoms with Crippen molar-refractivity contribution in [3.63, 3.8) is 0 Å². The van der Waals surface area contributed by atoms with Crippen LogP contribution in [0.4, 0.5) is 0 Å². The van der Waals surface area contributed by atoms with Crippen LogP contribution in [-0.2, 0) is 0 Å². The van der Waals surface area contributed by atoms with Crippen molar-refractivity contribution in [3.8, 4) is 0 Å². The minimum atomic E-state index is 0.502. The highest BCUT2D eigenvalue weighted by molar-refractivity contribution is 7.81. The number of hydrogen-bond donors (Lipinski definition) is 1. The fraction of sp³-hybridized carbons (Fsp3) is 1.00. The number of rotatable bonds is 0. The van der Waals surface area contributed by atoms with Crippen LogP contribution in [0.5, 0.6) is 0 Å². The second-order valence-electron chi connectivity index (χ2n) is 5.42. The number of thiol groups is 1. The van der Waals surface area contributed by atoms with Crippen LogP contribution in [-0.4, -0.2) is 5.25 Å². The molecule has 0 bridgehead atoms. The Morgan fingerprint density at radius 1 is 1.17 bits per heavy atom. The first-order valence-electron chi connectivity index (χ1n) is 5.09. The molecule has 0 radical (unpaired) electrons. The molecule has 0 saturated heterocycles. The van der Waals surface area contributed by atoms with Crippen molar-refractivity contribution in [2.45, 2.75) is 52.2 Å². The monoisotopic (exact) mass is 186 g/mol. The Morgan fingerprint density at radius 2 is 1.75 bits per heavy atom. The van der Waals surface area contributed by atoms with Crippen molar-refractivity contribution in [3.05, 3.63) is 0 Å². The maximum absolute atomic E-state index is 4.59. The number of hydrogen-bond acceptors (Lipinski definition) is 1. The van der Waals surface area contributed by atoms with E-state index in [0.717, 1.165) is 11.8 Å². The molecule has 0 aliphatic heterocycles. The molecule has 0 heterocycles. The molecule has 0 amide bonds. The van der Waals surface area contributed by atoms with E-state index in [1.54, 1.807) is 0 Å². The molecule has 1 fully saturated rings. The molecular weight excluding hydrogens is 164 g/mol. The zero-order chi connectivity index (χ0) is 9.35. The van der Waals surface area contributed by atoms with Gasteiger partial charge in [-0.3, -0.25) is 0 Å². The predicted octanol–water partition coefficient (Wildman–Crippen LogP) is 3.77. The lowest BCUT2D eigenvalue weighted by molar-refractivity contribution is 0.152. The SMILES string of the molecule is CC1CC(C(C)(C)C)CCC1S. The van der Waals surface area contributed by atoms with Crippen LogP contribution in [0.3, 0.4) is 0 Å². The lowest BCUT2D eigenvalue weighted by atomic mass is 9.69. The van der Waals surface area contributed by atoms with Gasteiger partial charge in [0.25, 0.3) is 0 Å². The van der Waals surface area contributed by atoms with E-state index >= 15 is 0 Å². The zero-order valence-corrected chi connectivity index (χ0v) is 9.70. The highest BCUT2D eigenvalue weighted by Crippen LogP contribution is 2.41. The Bertz CT molecular complexity index is 146. The predicted molar refractivity (Wildman–Crippen MR) is 58.7 cm³/mol. The second-order valence-corrected chi connectivity index (χ2v) is 6.08. The van der Waals surface area contributed by atoms with Gasteiger partial charge in [0.1, 0.15) is 0 Å². The standard InChI is InChI=1S/C11H22S/c1-8-7-9(11(2,3)4)5-6-10(8)12/h8-10,12H,5-7H2,1-4H3. The molecule has 3 atom stereocenters. The third-order valence-electron chi connectivity index (χ3n) is 3.35. The molecule has 72 valence electrons. The summed E-state index contributed by atoms with van der Waals surface area (Å²) >= 11 is 4.59. The van der Waals surface area contributed by atoms with Gasteiger partial charge in [0.05, 0.1) is 0 Å². The Kier molecular flexibility index (Phi) is 3.14. The normalized spacial score (nSPS) is 38.2. The minimum absolute atomic E-state index is 0.502. The first kappa shape index (κ1) is 10.4. The Balaban J connectivity index is 2.51. The van der Waals surface area contributed by atoms with E-state index in [4.69, 9.17) is 0 Å². The molecule has 1 aliphatic rings. The maximum Gasteiger partial charge on any atom is 0.00426 e. The van der Waals surface area contributed by atoms with Gasteiger partial charge in [0.15, 0.2) is 0 Å². The van der Waals surface area contributed by atoms with Gasteiger partial charge in [-0.05, 0) is 36.5 Å². The maximum atomic E-state index is 4.59. The molecule has 3 unspecified atom stereocenters. The molecule has 0 aromatic rings. The first-order chi connectivity index (χ1) is 5.41. The van der Waals surface area contributed by atoms with Gasteiger partial charge in [0.2, 0.25) is 0 Å². The van der Waals surface area contributed by atoms with E-state index in [9.17, 15) is 0 Å². The van der Waals surface area contributed by atoms with Crippen molar-refractivity contribution in [2.24, 2.45) is 17.3 Å². The van der Waals surface area contributed by atoms with Crippen molar-refractivity contribution < 1.29 is 0 Å². The molecule has 1 heteroatoms. The summed E-state index contributed by atoms with van der Waals surface area (Å²) in [5.41, 5.74) is 0.502. The summed E-state index contributed by atoms with van der Waals surface area (Å²) in [5.74, 6) is 1.72. The Morgan fingerprint density at radius 3 is 2.17 bits per heavy atom. The summed E-state index contributed by atoms with van der Waals surface area (Å²) in [5, 5.41) is 0.656. The zero-order valence-electron chi connectivity index (χ0n) is 8.80. The van der Waals surface area contributed by atoms with Crippen LogP contribution in [0.25, 0.3) is 0 Å². The largest absolute Gasteiger partial charge is 0.176 e. The lowest BCUT2D eigenvalue weighted by Crippen LogP contribution is -2.30. The van der Waals surface area contributed by atoms with E-state index in [1.807, 2.05) is 0 Å². The lowest BCUT2D eigenvalue weighted by Gasteiger charge is -2.39. The minimum Gasteiger partial charge on any atom is -0.176 e. The van der Waals surface area contributed by atoms with Crippen molar-refractivity contribution in [2.75, 3.05) is 0 Å². The molecular formula is C11H22S. The summed E-state index contributed by atoms with van der Waals surface area (Å²) in [6.07, 6.45) is 4.06. The fourth-order valence-electron chi connectivity index (χ4n) is 2.17. The molecule has 0 spiro atoms. The van der Waals surface area contributed by atoms with Crippen LogP contribution in [0.15, 0.2) is 0 Å². The van der Waals surface area contributed by atoms with Crippen LogP contribution >= 0.6 is 12.6 Å². The Hall–Kier alpha value is 0.350. The van der Waals surface area contributed by atoms with Crippen LogP contribution in [0.1, 0.15) is 47.0 Å². The van der Waals surface area contributed by atoms with Crippen molar-refractivity contribution in [1.82, 2.24) is 0 Å². The molecule has 0 nitrogen and oxygen atoms in total. The van der Waals surface area contributed by atoms with E-state index < -0.39 is 0 Å². The molecule has 0 aromatic heterocycles. The van der Waals surface area contributed by atoms with Gasteiger partial charge in [-0.1, -0.05) is 27.7 Å². The van der Waals surface area contributed by atoms with Crippen LogP contribution < -0.4 is 0 Å². The topological polar surface area (TPSA) is 0 Å². The van der Waals surface area contributed by atoms with E-state index in [2.05, 4.69) is 40.3 Å². The first-order valence-corrected chi connectivity index (χ1v) is 5.61. The molecule has 0 N–H and O–H groups in total. The van der Waals surface area contributed by atoms with Gasteiger partial charge >= 0.3 is 0 Å². The van der Waals surface area contributed by atoms with E-state index in [1.165, 1.54) is 19.3 Å². The van der Waals surface area contributed by atoms with Gasteiger partial charge in [-0.2, -0.15) is 12.6 Å². The highest BCUT2D eigenvalue weighted by atomic mass is 32.1. The van der Waals surface area contributed by atoms with E-state index in [0.29, 0.717) is 10.7 Å². The van der Waals surface area contributed by atoms with E-state index in [-0.39, 0.29) is 0 Å². The van der Waals surface area contributed by atoms with Gasteiger partial charge in [0, 0.05) is 5.25 Å². The third kappa shape index (κ3) is 2.42. The van der Waals surface area contributed by atoms with Crippen molar-refractivity contribution in [1.29, 1.82) is 0 Å². The quantitative estimate of drug-likeness (QED) is 0.547. The summed E-state index contributed by atoms with van der Waals surface area (Å²) in [4.78, 5) is 0. The summed E-state index contributed by atoms with van der Waals surface area (Å²) < 4.78 is 0. The molecule has 1 saturated carbocycles. The van der Waals surface area contributed by atoms with Crippen LogP contribution in [0, 0.1) is 17.3 Å². The third-order valence-corrected chi connectivity index (χ3v) is 4.12. The summed E-state index contributed by atoms with van der Waals surface area (Å²) in [7, 11) is 0. The average molecular weight is 186 g/mol. The molecule has 0 aromatic carbocycles. The second kappa shape index (κ2) is 3.61. The Labute approximate surface area is 82.5 Å². The molecule has 1 aliphatic carbocycles. The van der Waals surface area contributed by atoms with Gasteiger partial charge in [-0.15, -0.1) is 0 Å². The van der Waals surface area contributed by atoms with Crippen LogP contribution in [0.2, 0.25) is 0 Å². The fourth-order valence-corrected chi connectivity index (χ4v) is 2.44. The van der Waals surface area contributed by atoms with Gasteiger partial charge < -0.3 is 0 Å². The van der Waals surface area contributed by atoms with Gasteiger partial charge in [-0.25, -0.2) is 0 Å². The smallest absolute Gasteiger partial charge is 0.00426 e. The highest BCUT2D eigenvalue weighted by Gasteiger charge is 2.32. The summed E-state index contributed by atoms with van der Waals surface area (Å²) in [6, 6.07) is 0. The average Bonchev–Trinajstić information content (AvgIpc) is 1.92. The summed E-state index contributed by atoms with van der Waals surface area (Å²) in [6.45, 7) is 9.44. The molecule has 12 heavy (non-hydrogen) atoms. The molecule has 1 rings (SSSR count).